The molecule has 3 atom stereocenters. The minimum Gasteiger partial charge on any atom is -0.462 e. The van der Waals surface area contributed by atoms with Gasteiger partial charge in [0.1, 0.15) is 6.10 Å². The summed E-state index contributed by atoms with van der Waals surface area (Å²) in [6, 6.07) is -0.696. The molecule has 0 aliphatic heterocycles. The fraction of sp³-hybridized carbons (Fsp3) is 0.933. The topological polar surface area (TPSA) is 95.9 Å². The molecule has 0 rings (SSSR count). The Morgan fingerprint density at radius 2 is 0.727 bits per heavy atom. The van der Waals surface area contributed by atoms with E-state index in [1.165, 1.54) is 244 Å². The molecule has 3 unspecified atom stereocenters. The molecule has 0 saturated carbocycles. The van der Waals surface area contributed by atoms with Gasteiger partial charge in [0.25, 0.3) is 0 Å². The van der Waals surface area contributed by atoms with Gasteiger partial charge in [-0.25, -0.2) is 0 Å². The number of aliphatic hydroxyl groups excluding tert-OH is 2. The molecule has 0 aromatic carbocycles. The number of rotatable bonds is 55. The lowest BCUT2D eigenvalue weighted by Crippen LogP contribution is -2.46. The van der Waals surface area contributed by atoms with Gasteiger partial charge in [0.2, 0.25) is 5.91 Å². The minimum absolute atomic E-state index is 0.0851. The maximum atomic E-state index is 13.3. The van der Waals surface area contributed by atoms with Gasteiger partial charge in [0.05, 0.1) is 25.2 Å². The van der Waals surface area contributed by atoms with Crippen LogP contribution in [0.15, 0.2) is 12.2 Å². The Balaban J connectivity index is 4.47. The Bertz CT molecular complexity index is 1000. The lowest BCUT2D eigenvalue weighted by Gasteiger charge is -2.24. The molecule has 0 bridgehead atoms. The molecule has 0 spiro atoms. The van der Waals surface area contributed by atoms with Crippen LogP contribution in [0, 0.1) is 0 Å². The predicted molar refractivity (Wildman–Crippen MR) is 287 cm³/mol. The SMILES string of the molecule is CCCCCCCC/C=C/CCCCCCCCCCCC(=O)OC(CCCCCCCCCCCCCCCC)CC(=O)NC(CO)C(O)CCCCCCCCCCCCCCCC. The summed E-state index contributed by atoms with van der Waals surface area (Å²) in [5.41, 5.74) is 0. The van der Waals surface area contributed by atoms with E-state index in [9.17, 15) is 19.8 Å². The van der Waals surface area contributed by atoms with Crippen LogP contribution >= 0.6 is 0 Å². The lowest BCUT2D eigenvalue weighted by molar-refractivity contribution is -0.151. The van der Waals surface area contributed by atoms with E-state index in [1.807, 2.05) is 0 Å². The smallest absolute Gasteiger partial charge is 0.306 e. The molecular weight excluding hydrogens is 815 g/mol. The van der Waals surface area contributed by atoms with Crippen LogP contribution in [0.25, 0.3) is 0 Å². The number of hydrogen-bond acceptors (Lipinski definition) is 5. The van der Waals surface area contributed by atoms with Crippen molar-refractivity contribution in [3.63, 3.8) is 0 Å². The molecule has 0 saturated heterocycles. The van der Waals surface area contributed by atoms with Gasteiger partial charge in [-0.15, -0.1) is 0 Å². The minimum atomic E-state index is -0.783. The first kappa shape index (κ1) is 64.6. The normalized spacial score (nSPS) is 13.1. The van der Waals surface area contributed by atoms with E-state index in [0.29, 0.717) is 19.3 Å². The van der Waals surface area contributed by atoms with E-state index in [4.69, 9.17) is 4.74 Å². The first-order chi connectivity index (χ1) is 32.5. The number of allylic oxidation sites excluding steroid dienone is 2. The number of aliphatic hydroxyl groups is 2. The highest BCUT2D eigenvalue weighted by atomic mass is 16.5. The molecule has 3 N–H and O–H groups in total. The number of carbonyl (C=O) groups is 2. The van der Waals surface area contributed by atoms with Crippen molar-refractivity contribution in [1.82, 2.24) is 5.32 Å². The number of esters is 1. The molecule has 392 valence electrons. The molecule has 0 aromatic rings. The van der Waals surface area contributed by atoms with Gasteiger partial charge in [-0.05, 0) is 51.4 Å². The van der Waals surface area contributed by atoms with Crippen molar-refractivity contribution in [2.75, 3.05) is 6.61 Å². The number of carbonyl (C=O) groups excluding carboxylic acids is 2. The molecule has 0 radical (unpaired) electrons. The second-order valence-electron chi connectivity index (χ2n) is 20.8. The average molecular weight is 933 g/mol. The van der Waals surface area contributed by atoms with Crippen LogP contribution in [0.3, 0.4) is 0 Å². The van der Waals surface area contributed by atoms with E-state index in [2.05, 4.69) is 38.2 Å². The van der Waals surface area contributed by atoms with Crippen LogP contribution < -0.4 is 5.32 Å². The molecule has 0 aliphatic carbocycles. The summed E-state index contributed by atoms with van der Waals surface area (Å²) in [4.78, 5) is 26.3. The largest absolute Gasteiger partial charge is 0.462 e. The molecule has 6 nitrogen and oxygen atoms in total. The monoisotopic (exact) mass is 932 g/mol. The third-order valence-corrected chi connectivity index (χ3v) is 14.1. The van der Waals surface area contributed by atoms with E-state index < -0.39 is 18.2 Å². The summed E-state index contributed by atoms with van der Waals surface area (Å²) in [6.07, 6.45) is 62.8. The molecule has 6 heteroatoms. The van der Waals surface area contributed by atoms with Gasteiger partial charge in [-0.2, -0.15) is 0 Å². The van der Waals surface area contributed by atoms with E-state index in [1.54, 1.807) is 0 Å². The molecule has 1 amide bonds. The number of unbranched alkanes of at least 4 members (excludes halogenated alkanes) is 41. The Morgan fingerprint density at radius 3 is 1.08 bits per heavy atom. The van der Waals surface area contributed by atoms with Crippen molar-refractivity contribution in [3.05, 3.63) is 12.2 Å². The first-order valence-electron chi connectivity index (χ1n) is 29.9. The molecular formula is C60H117NO5. The van der Waals surface area contributed by atoms with E-state index in [-0.39, 0.29) is 24.9 Å². The maximum absolute atomic E-state index is 13.3. The summed E-state index contributed by atoms with van der Waals surface area (Å²) in [5, 5.41) is 23.9. The van der Waals surface area contributed by atoms with Gasteiger partial charge in [-0.1, -0.05) is 283 Å². The van der Waals surface area contributed by atoms with Crippen LogP contribution in [-0.4, -0.2) is 46.9 Å². The van der Waals surface area contributed by atoms with Gasteiger partial charge in [0.15, 0.2) is 0 Å². The van der Waals surface area contributed by atoms with Crippen molar-refractivity contribution < 1.29 is 24.5 Å². The van der Waals surface area contributed by atoms with Crippen molar-refractivity contribution in [1.29, 1.82) is 0 Å². The maximum Gasteiger partial charge on any atom is 0.306 e. The van der Waals surface area contributed by atoms with E-state index in [0.717, 1.165) is 44.9 Å². The number of amides is 1. The molecule has 66 heavy (non-hydrogen) atoms. The average Bonchev–Trinajstić information content (AvgIpc) is 3.31. The summed E-state index contributed by atoms with van der Waals surface area (Å²) in [7, 11) is 0. The highest BCUT2D eigenvalue weighted by Gasteiger charge is 2.24. The van der Waals surface area contributed by atoms with Crippen LogP contribution in [0.5, 0.6) is 0 Å². The van der Waals surface area contributed by atoms with Crippen molar-refractivity contribution in [3.8, 4) is 0 Å². The lowest BCUT2D eigenvalue weighted by atomic mass is 10.0. The first-order valence-corrected chi connectivity index (χ1v) is 29.9. The zero-order valence-electron chi connectivity index (χ0n) is 44.9. The van der Waals surface area contributed by atoms with Gasteiger partial charge >= 0.3 is 5.97 Å². The van der Waals surface area contributed by atoms with Crippen LogP contribution in [0.1, 0.15) is 335 Å². The standard InChI is InChI=1S/C60H117NO5/c1-4-7-10-13-16-19-22-25-28-29-30-31-32-35-38-41-44-47-50-53-60(65)66-56(51-48-45-42-39-36-33-26-23-20-17-14-11-8-5-2)54-59(64)61-57(55-62)58(63)52-49-46-43-40-37-34-27-24-21-18-15-12-9-6-3/h25,28,56-58,62-63H,4-24,26-27,29-55H2,1-3H3,(H,61,64)/b28-25+. The van der Waals surface area contributed by atoms with Crippen molar-refractivity contribution >= 4 is 11.9 Å². The van der Waals surface area contributed by atoms with Crippen molar-refractivity contribution in [2.45, 2.75) is 354 Å². The quantitative estimate of drug-likeness (QED) is 0.0321. The number of nitrogens with one attached hydrogen (secondary N) is 1. The molecule has 0 fully saturated rings. The van der Waals surface area contributed by atoms with Crippen LogP contribution in [-0.2, 0) is 14.3 Å². The highest BCUT2D eigenvalue weighted by Crippen LogP contribution is 2.19. The van der Waals surface area contributed by atoms with Crippen molar-refractivity contribution in [2.24, 2.45) is 0 Å². The number of ether oxygens (including phenoxy) is 1. The summed E-state index contributed by atoms with van der Waals surface area (Å²) in [6.45, 7) is 6.53. The van der Waals surface area contributed by atoms with Crippen LogP contribution in [0.2, 0.25) is 0 Å². The Kier molecular flexibility index (Phi) is 53.4. The van der Waals surface area contributed by atoms with Gasteiger partial charge in [0, 0.05) is 6.42 Å². The Hall–Kier alpha value is -1.40. The third kappa shape index (κ3) is 49.0. The molecule has 0 aromatic heterocycles. The zero-order valence-corrected chi connectivity index (χ0v) is 44.9. The van der Waals surface area contributed by atoms with Gasteiger partial charge in [-0.3, -0.25) is 9.59 Å². The second-order valence-corrected chi connectivity index (χ2v) is 20.8. The highest BCUT2D eigenvalue weighted by molar-refractivity contribution is 5.77. The zero-order chi connectivity index (χ0) is 48.1. The third-order valence-electron chi connectivity index (χ3n) is 14.1. The van der Waals surface area contributed by atoms with E-state index >= 15 is 0 Å². The predicted octanol–water partition coefficient (Wildman–Crippen LogP) is 18.5. The van der Waals surface area contributed by atoms with Gasteiger partial charge < -0.3 is 20.3 Å². The Morgan fingerprint density at radius 1 is 0.424 bits per heavy atom. The second kappa shape index (κ2) is 54.5. The Labute approximate surface area is 412 Å². The summed E-state index contributed by atoms with van der Waals surface area (Å²) < 4.78 is 5.97. The fourth-order valence-electron chi connectivity index (χ4n) is 9.55. The van der Waals surface area contributed by atoms with Crippen LogP contribution in [0.4, 0.5) is 0 Å². The summed E-state index contributed by atoms with van der Waals surface area (Å²) >= 11 is 0. The molecule has 0 heterocycles. The molecule has 0 aliphatic rings. The number of hydrogen-bond donors (Lipinski definition) is 3. The summed E-state index contributed by atoms with van der Waals surface area (Å²) in [5.74, 6) is -0.451. The fourth-order valence-corrected chi connectivity index (χ4v) is 9.55.